The SMILES string of the molecule is Cc1ccc2nc(CN3CCCCC3CO)nc(N3CCSCC3)c2c1. The Kier molecular flexibility index (Phi) is 5.62. The van der Waals surface area contributed by atoms with E-state index in [4.69, 9.17) is 9.97 Å². The van der Waals surface area contributed by atoms with Crippen molar-refractivity contribution in [1.29, 1.82) is 0 Å². The summed E-state index contributed by atoms with van der Waals surface area (Å²) in [5, 5.41) is 10.9. The molecule has 2 aliphatic rings. The molecule has 0 spiro atoms. The Bertz CT molecular complexity index is 763. The number of rotatable bonds is 4. The van der Waals surface area contributed by atoms with Gasteiger partial charge in [0.05, 0.1) is 18.7 Å². The fraction of sp³-hybridized carbons (Fsp3) is 0.600. The lowest BCUT2D eigenvalue weighted by Crippen LogP contribution is -2.41. The van der Waals surface area contributed by atoms with E-state index < -0.39 is 0 Å². The molecule has 1 aromatic carbocycles. The first-order chi connectivity index (χ1) is 12.7. The normalized spacial score (nSPS) is 22.1. The number of aromatic nitrogens is 2. The van der Waals surface area contributed by atoms with Gasteiger partial charge in [-0.25, -0.2) is 9.97 Å². The molecular formula is C20H28N4OS. The highest BCUT2D eigenvalue weighted by molar-refractivity contribution is 7.99. The molecule has 2 aromatic rings. The van der Waals surface area contributed by atoms with Gasteiger partial charge in [-0.15, -0.1) is 0 Å². The molecule has 5 nitrogen and oxygen atoms in total. The van der Waals surface area contributed by atoms with Gasteiger partial charge in [-0.3, -0.25) is 4.90 Å². The van der Waals surface area contributed by atoms with Crippen LogP contribution in [0.5, 0.6) is 0 Å². The van der Waals surface area contributed by atoms with Crippen molar-refractivity contribution in [3.63, 3.8) is 0 Å². The van der Waals surface area contributed by atoms with Crippen LogP contribution in [0.1, 0.15) is 30.7 Å². The van der Waals surface area contributed by atoms with Crippen molar-refractivity contribution >= 4 is 28.5 Å². The quantitative estimate of drug-likeness (QED) is 0.891. The standard InChI is InChI=1S/C20H28N4OS/c1-15-5-6-18-17(12-15)20(23-8-10-26-11-9-23)22-19(21-18)13-24-7-3-2-4-16(24)14-25/h5-6,12,16,25H,2-4,7-11,13-14H2,1H3. The largest absolute Gasteiger partial charge is 0.395 e. The third kappa shape index (κ3) is 3.82. The van der Waals surface area contributed by atoms with Crippen LogP contribution in [0.25, 0.3) is 10.9 Å². The number of piperidine rings is 1. The zero-order valence-corrected chi connectivity index (χ0v) is 16.3. The monoisotopic (exact) mass is 372 g/mol. The van der Waals surface area contributed by atoms with Crippen molar-refractivity contribution in [2.24, 2.45) is 0 Å². The molecule has 140 valence electrons. The Morgan fingerprint density at radius 1 is 1.15 bits per heavy atom. The van der Waals surface area contributed by atoms with E-state index in [1.54, 1.807) is 0 Å². The molecule has 2 aliphatic heterocycles. The van der Waals surface area contributed by atoms with E-state index in [0.717, 1.165) is 66.7 Å². The molecule has 1 aromatic heterocycles. The zero-order chi connectivity index (χ0) is 17.9. The van der Waals surface area contributed by atoms with Crippen molar-refractivity contribution in [2.75, 3.05) is 42.6 Å². The number of hydrogen-bond acceptors (Lipinski definition) is 6. The molecule has 0 bridgehead atoms. The van der Waals surface area contributed by atoms with Gasteiger partial charge in [0.2, 0.25) is 0 Å². The molecular weight excluding hydrogens is 344 g/mol. The zero-order valence-electron chi connectivity index (χ0n) is 15.5. The second kappa shape index (κ2) is 8.11. The lowest BCUT2D eigenvalue weighted by atomic mass is 10.0. The summed E-state index contributed by atoms with van der Waals surface area (Å²) in [6, 6.07) is 6.72. The highest BCUT2D eigenvalue weighted by Gasteiger charge is 2.24. The Hall–Kier alpha value is -1.37. The number of fused-ring (bicyclic) bond motifs is 1. The first kappa shape index (κ1) is 18.0. The number of thioether (sulfide) groups is 1. The molecule has 1 N–H and O–H groups in total. The predicted octanol–water partition coefficient (Wildman–Crippen LogP) is 2.84. The van der Waals surface area contributed by atoms with Crippen LogP contribution in [0.2, 0.25) is 0 Å². The van der Waals surface area contributed by atoms with Crippen LogP contribution >= 0.6 is 11.8 Å². The number of nitrogens with zero attached hydrogens (tertiary/aromatic N) is 4. The fourth-order valence-corrected chi connectivity index (χ4v) is 4.92. The van der Waals surface area contributed by atoms with Crippen LogP contribution in [0.15, 0.2) is 18.2 Å². The van der Waals surface area contributed by atoms with E-state index in [0.29, 0.717) is 0 Å². The summed E-state index contributed by atoms with van der Waals surface area (Å²) < 4.78 is 0. The van der Waals surface area contributed by atoms with Crippen LogP contribution in [0.3, 0.4) is 0 Å². The van der Waals surface area contributed by atoms with Gasteiger partial charge in [0.25, 0.3) is 0 Å². The Labute approximate surface area is 159 Å². The number of aliphatic hydroxyl groups excluding tert-OH is 1. The van der Waals surface area contributed by atoms with E-state index in [9.17, 15) is 5.11 Å². The molecule has 2 fully saturated rings. The minimum atomic E-state index is 0.225. The van der Waals surface area contributed by atoms with Crippen LogP contribution in [-0.2, 0) is 6.54 Å². The van der Waals surface area contributed by atoms with E-state index in [1.165, 1.54) is 18.4 Å². The fourth-order valence-electron chi connectivity index (χ4n) is 4.02. The minimum absolute atomic E-state index is 0.225. The van der Waals surface area contributed by atoms with E-state index >= 15 is 0 Å². The number of aliphatic hydroxyl groups is 1. The molecule has 26 heavy (non-hydrogen) atoms. The summed E-state index contributed by atoms with van der Waals surface area (Å²) in [5.74, 6) is 4.29. The molecule has 0 radical (unpaired) electrons. The van der Waals surface area contributed by atoms with Gasteiger partial charge >= 0.3 is 0 Å². The molecule has 0 saturated carbocycles. The molecule has 3 heterocycles. The summed E-state index contributed by atoms with van der Waals surface area (Å²) in [4.78, 5) is 14.7. The van der Waals surface area contributed by atoms with Gasteiger partial charge in [0.15, 0.2) is 0 Å². The van der Waals surface area contributed by atoms with Crippen molar-refractivity contribution in [2.45, 2.75) is 38.8 Å². The van der Waals surface area contributed by atoms with Crippen molar-refractivity contribution in [1.82, 2.24) is 14.9 Å². The third-order valence-electron chi connectivity index (χ3n) is 5.49. The maximum absolute atomic E-state index is 9.71. The summed E-state index contributed by atoms with van der Waals surface area (Å²) in [6.45, 7) is 6.20. The van der Waals surface area contributed by atoms with Gasteiger partial charge < -0.3 is 10.0 Å². The summed E-state index contributed by atoms with van der Waals surface area (Å²) in [7, 11) is 0. The summed E-state index contributed by atoms with van der Waals surface area (Å²) in [6.07, 6.45) is 3.47. The molecule has 1 unspecified atom stereocenters. The lowest BCUT2D eigenvalue weighted by Gasteiger charge is -2.34. The topological polar surface area (TPSA) is 52.5 Å². The van der Waals surface area contributed by atoms with Gasteiger partial charge in [-0.2, -0.15) is 11.8 Å². The minimum Gasteiger partial charge on any atom is -0.395 e. The van der Waals surface area contributed by atoms with Crippen LogP contribution in [-0.4, -0.2) is 63.8 Å². The average Bonchev–Trinajstić information content (AvgIpc) is 2.69. The summed E-state index contributed by atoms with van der Waals surface area (Å²) >= 11 is 2.02. The highest BCUT2D eigenvalue weighted by atomic mass is 32.2. The average molecular weight is 373 g/mol. The number of anilines is 1. The van der Waals surface area contributed by atoms with Crippen molar-refractivity contribution in [3.8, 4) is 0 Å². The summed E-state index contributed by atoms with van der Waals surface area (Å²) in [5.41, 5.74) is 2.28. The predicted molar refractivity (Wildman–Crippen MR) is 109 cm³/mol. The smallest absolute Gasteiger partial charge is 0.145 e. The lowest BCUT2D eigenvalue weighted by molar-refractivity contribution is 0.0820. The molecule has 1 atom stereocenters. The van der Waals surface area contributed by atoms with E-state index in [2.05, 4.69) is 34.9 Å². The highest BCUT2D eigenvalue weighted by Crippen LogP contribution is 2.28. The van der Waals surface area contributed by atoms with Crippen LogP contribution in [0.4, 0.5) is 5.82 Å². The second-order valence-electron chi connectivity index (χ2n) is 7.39. The van der Waals surface area contributed by atoms with Gasteiger partial charge in [-0.1, -0.05) is 18.1 Å². The second-order valence-corrected chi connectivity index (χ2v) is 8.61. The Morgan fingerprint density at radius 3 is 2.81 bits per heavy atom. The maximum Gasteiger partial charge on any atom is 0.145 e. The number of likely N-dealkylation sites (tertiary alicyclic amines) is 1. The molecule has 0 aliphatic carbocycles. The van der Waals surface area contributed by atoms with Crippen molar-refractivity contribution < 1.29 is 5.11 Å². The molecule has 2 saturated heterocycles. The number of benzene rings is 1. The first-order valence-corrected chi connectivity index (χ1v) is 10.8. The van der Waals surface area contributed by atoms with Gasteiger partial charge in [0, 0.05) is 36.0 Å². The van der Waals surface area contributed by atoms with E-state index in [1.807, 2.05) is 11.8 Å². The molecule has 4 rings (SSSR count). The Morgan fingerprint density at radius 2 is 2.00 bits per heavy atom. The Balaban J connectivity index is 1.69. The maximum atomic E-state index is 9.71. The van der Waals surface area contributed by atoms with E-state index in [-0.39, 0.29) is 12.6 Å². The van der Waals surface area contributed by atoms with Gasteiger partial charge in [0.1, 0.15) is 11.6 Å². The molecule has 6 heteroatoms. The molecule has 0 amide bonds. The van der Waals surface area contributed by atoms with Crippen LogP contribution < -0.4 is 4.90 Å². The van der Waals surface area contributed by atoms with Crippen LogP contribution in [0, 0.1) is 6.92 Å². The number of aryl methyl sites for hydroxylation is 1. The third-order valence-corrected chi connectivity index (χ3v) is 6.43. The van der Waals surface area contributed by atoms with Gasteiger partial charge in [-0.05, 0) is 38.4 Å². The van der Waals surface area contributed by atoms with Crippen molar-refractivity contribution in [3.05, 3.63) is 29.6 Å². The first-order valence-electron chi connectivity index (χ1n) is 9.69. The number of hydrogen-bond donors (Lipinski definition) is 1.